The van der Waals surface area contributed by atoms with Gasteiger partial charge in [0.2, 0.25) is 11.7 Å². The van der Waals surface area contributed by atoms with Crippen molar-refractivity contribution in [1.82, 2.24) is 15.0 Å². The average Bonchev–Trinajstić information content (AvgIpc) is 2.87. The summed E-state index contributed by atoms with van der Waals surface area (Å²) in [5.41, 5.74) is 0.733. The minimum Gasteiger partial charge on any atom is -0.389 e. The van der Waals surface area contributed by atoms with Gasteiger partial charge in [0.25, 0.3) is 0 Å². The molecule has 0 aliphatic heterocycles. The summed E-state index contributed by atoms with van der Waals surface area (Å²) in [5, 5.41) is 14.2. The molecule has 2 aromatic rings. The van der Waals surface area contributed by atoms with Gasteiger partial charge in [0, 0.05) is 19.2 Å². The van der Waals surface area contributed by atoms with Gasteiger partial charge in [-0.1, -0.05) is 28.9 Å². The Bertz CT molecular complexity index is 576. The highest BCUT2D eigenvalue weighted by Gasteiger charge is 2.14. The van der Waals surface area contributed by atoms with E-state index in [4.69, 9.17) is 20.9 Å². The number of methoxy groups -OCH3 is 1. The van der Waals surface area contributed by atoms with Crippen molar-refractivity contribution in [2.75, 3.05) is 27.3 Å². The summed E-state index contributed by atoms with van der Waals surface area (Å²) in [6.07, 6.45) is -0.550. The first-order valence-corrected chi connectivity index (χ1v) is 6.91. The lowest BCUT2D eigenvalue weighted by Crippen LogP contribution is -2.31. The summed E-state index contributed by atoms with van der Waals surface area (Å²) in [6.45, 7) is 1.19. The quantitative estimate of drug-likeness (QED) is 0.841. The summed E-state index contributed by atoms with van der Waals surface area (Å²) in [5.74, 6) is 0.929. The lowest BCUT2D eigenvalue weighted by molar-refractivity contribution is 0.0400. The lowest BCUT2D eigenvalue weighted by atomic mass is 10.2. The summed E-state index contributed by atoms with van der Waals surface area (Å²) < 4.78 is 10.1. The molecule has 0 spiro atoms. The number of rotatable bonds is 7. The summed E-state index contributed by atoms with van der Waals surface area (Å²) in [4.78, 5) is 6.20. The van der Waals surface area contributed by atoms with E-state index in [-0.39, 0.29) is 0 Å². The smallest absolute Gasteiger partial charge is 0.241 e. The molecular weight excluding hydrogens is 294 g/mol. The van der Waals surface area contributed by atoms with E-state index in [1.165, 1.54) is 0 Å². The summed E-state index contributed by atoms with van der Waals surface area (Å²) in [6, 6.07) is 7.32. The molecule has 0 saturated heterocycles. The van der Waals surface area contributed by atoms with Gasteiger partial charge in [-0.3, -0.25) is 4.90 Å². The van der Waals surface area contributed by atoms with Crippen molar-refractivity contribution < 1.29 is 14.4 Å². The Morgan fingerprint density at radius 3 is 2.90 bits per heavy atom. The first-order valence-electron chi connectivity index (χ1n) is 6.53. The van der Waals surface area contributed by atoms with Gasteiger partial charge in [-0.05, 0) is 19.2 Å². The molecule has 1 atom stereocenters. The van der Waals surface area contributed by atoms with Crippen molar-refractivity contribution in [3.8, 4) is 11.4 Å². The average molecular weight is 312 g/mol. The van der Waals surface area contributed by atoms with Crippen molar-refractivity contribution in [2.45, 2.75) is 12.6 Å². The van der Waals surface area contributed by atoms with E-state index in [9.17, 15) is 5.11 Å². The molecule has 0 fully saturated rings. The second kappa shape index (κ2) is 7.51. The number of hydrogen-bond donors (Lipinski definition) is 1. The Morgan fingerprint density at radius 2 is 2.19 bits per heavy atom. The molecule has 1 aromatic carbocycles. The van der Waals surface area contributed by atoms with Gasteiger partial charge in [-0.2, -0.15) is 4.98 Å². The number of aliphatic hydroxyl groups is 1. The minimum atomic E-state index is -0.550. The molecule has 1 aromatic heterocycles. The third kappa shape index (κ3) is 4.50. The van der Waals surface area contributed by atoms with Crippen LogP contribution in [0.1, 0.15) is 5.89 Å². The monoisotopic (exact) mass is 311 g/mol. The van der Waals surface area contributed by atoms with E-state index < -0.39 is 6.10 Å². The second-order valence-corrected chi connectivity index (χ2v) is 5.20. The standard InChI is InChI=1S/C14H18ClN3O3/c1-18(7-10(19)9-20-2)8-13-16-14(17-21-13)11-5-3-4-6-12(11)15/h3-6,10,19H,7-9H2,1-2H3. The van der Waals surface area contributed by atoms with Crippen LogP contribution >= 0.6 is 11.6 Å². The minimum absolute atomic E-state index is 0.291. The normalized spacial score (nSPS) is 12.8. The van der Waals surface area contributed by atoms with Gasteiger partial charge in [0.15, 0.2) is 0 Å². The Kier molecular flexibility index (Phi) is 5.69. The predicted octanol–water partition coefficient (Wildman–Crippen LogP) is 1.83. The van der Waals surface area contributed by atoms with E-state index >= 15 is 0 Å². The maximum absolute atomic E-state index is 9.67. The van der Waals surface area contributed by atoms with Crippen LogP contribution in [0.2, 0.25) is 5.02 Å². The zero-order valence-corrected chi connectivity index (χ0v) is 12.7. The van der Waals surface area contributed by atoms with E-state index in [0.29, 0.717) is 36.4 Å². The van der Waals surface area contributed by atoms with Gasteiger partial charge in [-0.25, -0.2) is 0 Å². The maximum atomic E-state index is 9.67. The molecule has 1 N–H and O–H groups in total. The van der Waals surface area contributed by atoms with Crippen LogP contribution < -0.4 is 0 Å². The molecule has 21 heavy (non-hydrogen) atoms. The highest BCUT2D eigenvalue weighted by molar-refractivity contribution is 6.33. The number of likely N-dealkylation sites (N-methyl/N-ethyl adjacent to an activating group) is 1. The third-order valence-corrected chi connectivity index (χ3v) is 3.20. The summed E-state index contributed by atoms with van der Waals surface area (Å²) >= 11 is 6.10. The highest BCUT2D eigenvalue weighted by atomic mass is 35.5. The number of ether oxygens (including phenoxy) is 1. The van der Waals surface area contributed by atoms with Crippen LogP contribution in [0, 0.1) is 0 Å². The molecule has 1 heterocycles. The molecule has 114 valence electrons. The fourth-order valence-electron chi connectivity index (χ4n) is 1.97. The highest BCUT2D eigenvalue weighted by Crippen LogP contribution is 2.24. The Balaban J connectivity index is 1.99. The van der Waals surface area contributed by atoms with Crippen LogP contribution in [0.15, 0.2) is 28.8 Å². The number of nitrogens with zero attached hydrogens (tertiary/aromatic N) is 3. The fourth-order valence-corrected chi connectivity index (χ4v) is 2.19. The van der Waals surface area contributed by atoms with Crippen molar-refractivity contribution >= 4 is 11.6 Å². The van der Waals surface area contributed by atoms with Crippen LogP contribution in [0.25, 0.3) is 11.4 Å². The van der Waals surface area contributed by atoms with Crippen LogP contribution in [0.3, 0.4) is 0 Å². The first-order chi connectivity index (χ1) is 10.1. The number of aliphatic hydroxyl groups excluding tert-OH is 1. The van der Waals surface area contributed by atoms with Crippen LogP contribution in [0.4, 0.5) is 0 Å². The largest absolute Gasteiger partial charge is 0.389 e. The molecule has 0 radical (unpaired) electrons. The molecule has 0 aliphatic rings. The number of benzene rings is 1. The van der Waals surface area contributed by atoms with Crippen molar-refractivity contribution in [2.24, 2.45) is 0 Å². The van der Waals surface area contributed by atoms with Crippen LogP contribution in [-0.2, 0) is 11.3 Å². The van der Waals surface area contributed by atoms with Gasteiger partial charge >= 0.3 is 0 Å². The van der Waals surface area contributed by atoms with Crippen LogP contribution in [0.5, 0.6) is 0 Å². The Hall–Kier alpha value is -1.47. The summed E-state index contributed by atoms with van der Waals surface area (Å²) in [7, 11) is 3.41. The second-order valence-electron chi connectivity index (χ2n) is 4.80. The van der Waals surface area contributed by atoms with Gasteiger partial charge < -0.3 is 14.4 Å². The number of halogens is 1. The molecule has 0 aliphatic carbocycles. The molecule has 2 rings (SSSR count). The lowest BCUT2D eigenvalue weighted by Gasteiger charge is -2.17. The molecular formula is C14H18ClN3O3. The maximum Gasteiger partial charge on any atom is 0.241 e. The molecule has 7 heteroatoms. The predicted molar refractivity (Wildman–Crippen MR) is 79.0 cm³/mol. The molecule has 6 nitrogen and oxygen atoms in total. The van der Waals surface area contributed by atoms with Gasteiger partial charge in [-0.15, -0.1) is 0 Å². The van der Waals surface area contributed by atoms with E-state index in [2.05, 4.69) is 10.1 Å². The van der Waals surface area contributed by atoms with Gasteiger partial charge in [0.05, 0.1) is 24.3 Å². The third-order valence-electron chi connectivity index (χ3n) is 2.87. The zero-order valence-electron chi connectivity index (χ0n) is 12.0. The molecule has 1 unspecified atom stereocenters. The fraction of sp³-hybridized carbons (Fsp3) is 0.429. The zero-order chi connectivity index (χ0) is 15.2. The Morgan fingerprint density at radius 1 is 1.43 bits per heavy atom. The number of aromatic nitrogens is 2. The molecule has 0 amide bonds. The van der Waals surface area contributed by atoms with Crippen molar-refractivity contribution in [1.29, 1.82) is 0 Å². The topological polar surface area (TPSA) is 71.6 Å². The van der Waals surface area contributed by atoms with Gasteiger partial charge in [0.1, 0.15) is 0 Å². The van der Waals surface area contributed by atoms with Crippen LogP contribution in [-0.4, -0.2) is 53.6 Å². The first kappa shape index (κ1) is 15.9. The SMILES string of the molecule is COCC(O)CN(C)Cc1nc(-c2ccccc2Cl)no1. The molecule has 0 saturated carbocycles. The Labute approximate surface area is 128 Å². The van der Waals surface area contributed by atoms with E-state index in [0.717, 1.165) is 5.56 Å². The van der Waals surface area contributed by atoms with Crippen molar-refractivity contribution in [3.05, 3.63) is 35.2 Å². The van der Waals surface area contributed by atoms with E-state index in [1.807, 2.05) is 30.1 Å². The molecule has 0 bridgehead atoms. The van der Waals surface area contributed by atoms with Crippen molar-refractivity contribution in [3.63, 3.8) is 0 Å². The van der Waals surface area contributed by atoms with E-state index in [1.54, 1.807) is 13.2 Å². The number of hydrogen-bond acceptors (Lipinski definition) is 6.